The molecule has 0 spiro atoms. The zero-order valence-electron chi connectivity index (χ0n) is 17.9. The van der Waals surface area contributed by atoms with Gasteiger partial charge in [0.2, 0.25) is 10.0 Å². The summed E-state index contributed by atoms with van der Waals surface area (Å²) in [5, 5.41) is 8.44. The van der Waals surface area contributed by atoms with Crippen LogP contribution in [0.15, 0.2) is 76.4 Å². The second kappa shape index (κ2) is 8.57. The summed E-state index contributed by atoms with van der Waals surface area (Å²) in [6.07, 6.45) is 0.0251. The Kier molecular flexibility index (Phi) is 5.79. The number of ether oxygens (including phenoxy) is 1. The van der Waals surface area contributed by atoms with Gasteiger partial charge < -0.3 is 15.0 Å². The normalized spacial score (nSPS) is 11.6. The Labute approximate surface area is 189 Å². The van der Waals surface area contributed by atoms with Crippen LogP contribution in [-0.2, 0) is 10.0 Å². The molecular formula is C23H22N4O5S. The lowest BCUT2D eigenvalue weighted by Crippen LogP contribution is -2.18. The second-order valence-electron chi connectivity index (χ2n) is 7.68. The number of hydrogen-bond donors (Lipinski definition) is 3. The number of aromatic amines is 1. The van der Waals surface area contributed by atoms with Crippen LogP contribution in [0.4, 0.5) is 5.69 Å². The lowest BCUT2D eigenvalue weighted by molar-refractivity contribution is 0.102. The molecule has 0 aliphatic heterocycles. The van der Waals surface area contributed by atoms with Gasteiger partial charge in [-0.05, 0) is 68.4 Å². The SMILES string of the molecule is CC(C)Oc1ccc(-n2c(=O)ccc3cc(C(=O)Nc4cccc(S(N)(=O)=O)c4)[nH]c32)cc1. The highest BCUT2D eigenvalue weighted by molar-refractivity contribution is 7.89. The fraction of sp³-hybridized carbons (Fsp3) is 0.130. The molecule has 2 heterocycles. The quantitative estimate of drug-likeness (QED) is 0.401. The minimum Gasteiger partial charge on any atom is -0.491 e. The van der Waals surface area contributed by atoms with Crippen molar-refractivity contribution < 1.29 is 17.9 Å². The Morgan fingerprint density at radius 2 is 1.79 bits per heavy atom. The number of amides is 1. The molecule has 4 aromatic rings. The van der Waals surface area contributed by atoms with Crippen molar-refractivity contribution in [3.63, 3.8) is 0 Å². The topological polar surface area (TPSA) is 136 Å². The predicted molar refractivity (Wildman–Crippen MR) is 125 cm³/mol. The number of primary sulfonamides is 1. The maximum atomic E-state index is 12.8. The third-order valence-electron chi connectivity index (χ3n) is 4.81. The summed E-state index contributed by atoms with van der Waals surface area (Å²) >= 11 is 0. The molecule has 0 radical (unpaired) electrons. The van der Waals surface area contributed by atoms with Crippen molar-refractivity contribution in [2.24, 2.45) is 5.14 Å². The maximum absolute atomic E-state index is 12.8. The lowest BCUT2D eigenvalue weighted by atomic mass is 10.2. The first-order chi connectivity index (χ1) is 15.6. The van der Waals surface area contributed by atoms with Gasteiger partial charge in [-0.15, -0.1) is 0 Å². The Morgan fingerprint density at radius 3 is 2.45 bits per heavy atom. The van der Waals surface area contributed by atoms with E-state index in [9.17, 15) is 18.0 Å². The average molecular weight is 467 g/mol. The molecule has 0 fully saturated rings. The smallest absolute Gasteiger partial charge is 0.272 e. The standard InChI is InChI=1S/C23H22N4O5S/c1-14(2)32-18-9-7-17(8-10-18)27-21(28)11-6-15-12-20(26-22(15)27)23(29)25-16-4-3-5-19(13-16)33(24,30)31/h3-14,26H,1-2H3,(H,25,29)(H2,24,30,31). The van der Waals surface area contributed by atoms with Gasteiger partial charge in [0.05, 0.1) is 16.7 Å². The molecule has 0 bridgehead atoms. The van der Waals surface area contributed by atoms with Crippen molar-refractivity contribution in [2.75, 3.05) is 5.32 Å². The molecule has 0 saturated carbocycles. The van der Waals surface area contributed by atoms with Gasteiger partial charge >= 0.3 is 0 Å². The number of nitrogens with zero attached hydrogens (tertiary/aromatic N) is 1. The second-order valence-corrected chi connectivity index (χ2v) is 9.24. The van der Waals surface area contributed by atoms with Gasteiger partial charge in [-0.2, -0.15) is 0 Å². The largest absolute Gasteiger partial charge is 0.491 e. The molecule has 0 aliphatic rings. The summed E-state index contributed by atoms with van der Waals surface area (Å²) in [5.41, 5.74) is 1.25. The number of fused-ring (bicyclic) bond motifs is 1. The van der Waals surface area contributed by atoms with Gasteiger partial charge in [-0.3, -0.25) is 14.2 Å². The highest BCUT2D eigenvalue weighted by Gasteiger charge is 2.15. The first-order valence-corrected chi connectivity index (χ1v) is 11.6. The number of H-pyrrole nitrogens is 1. The molecule has 4 rings (SSSR count). The Bertz CT molecular complexity index is 1500. The highest BCUT2D eigenvalue weighted by atomic mass is 32.2. The Hall–Kier alpha value is -3.89. The Morgan fingerprint density at radius 1 is 1.06 bits per heavy atom. The number of sulfonamides is 1. The van der Waals surface area contributed by atoms with Crippen molar-refractivity contribution in [1.82, 2.24) is 9.55 Å². The molecule has 2 aromatic heterocycles. The summed E-state index contributed by atoms with van der Waals surface area (Å²) in [6, 6.07) is 17.4. The summed E-state index contributed by atoms with van der Waals surface area (Å²) in [5.74, 6) is 0.180. The van der Waals surface area contributed by atoms with Gasteiger partial charge in [0.1, 0.15) is 17.1 Å². The number of benzene rings is 2. The van der Waals surface area contributed by atoms with E-state index in [1.165, 1.54) is 28.8 Å². The van der Waals surface area contributed by atoms with Crippen LogP contribution in [-0.4, -0.2) is 30.0 Å². The van der Waals surface area contributed by atoms with Crippen LogP contribution in [0.5, 0.6) is 5.75 Å². The van der Waals surface area contributed by atoms with Crippen LogP contribution in [0.25, 0.3) is 16.7 Å². The summed E-state index contributed by atoms with van der Waals surface area (Å²) < 4.78 is 30.2. The van der Waals surface area contributed by atoms with Gasteiger partial charge in [-0.25, -0.2) is 13.6 Å². The molecule has 4 N–H and O–H groups in total. The number of nitrogens with one attached hydrogen (secondary N) is 2. The van der Waals surface area contributed by atoms with Gasteiger partial charge in [0.25, 0.3) is 11.5 Å². The molecule has 170 valence electrons. The third-order valence-corrected chi connectivity index (χ3v) is 5.72. The van der Waals surface area contributed by atoms with Crippen molar-refractivity contribution in [1.29, 1.82) is 0 Å². The predicted octanol–water partition coefficient (Wildman–Crippen LogP) is 3.01. The average Bonchev–Trinajstić information content (AvgIpc) is 3.18. The zero-order valence-corrected chi connectivity index (χ0v) is 18.7. The van der Waals surface area contributed by atoms with E-state index in [1.54, 1.807) is 42.5 Å². The van der Waals surface area contributed by atoms with Crippen molar-refractivity contribution in [2.45, 2.75) is 24.8 Å². The third kappa shape index (κ3) is 4.81. The van der Waals surface area contributed by atoms with Crippen molar-refractivity contribution in [3.8, 4) is 11.4 Å². The van der Waals surface area contributed by atoms with E-state index in [2.05, 4.69) is 10.3 Å². The number of nitrogens with two attached hydrogens (primary N) is 1. The van der Waals surface area contributed by atoms with Crippen LogP contribution >= 0.6 is 0 Å². The van der Waals surface area contributed by atoms with Gasteiger partial charge in [0, 0.05) is 17.1 Å². The van der Waals surface area contributed by atoms with Gasteiger partial charge in [0.15, 0.2) is 0 Å². The van der Waals surface area contributed by atoms with Gasteiger partial charge in [-0.1, -0.05) is 6.07 Å². The van der Waals surface area contributed by atoms with Crippen LogP contribution in [0.1, 0.15) is 24.3 Å². The molecule has 9 nitrogen and oxygen atoms in total. The summed E-state index contributed by atoms with van der Waals surface area (Å²) in [6.45, 7) is 3.85. The highest BCUT2D eigenvalue weighted by Crippen LogP contribution is 2.21. The molecule has 0 unspecified atom stereocenters. The van der Waals surface area contributed by atoms with E-state index in [0.29, 0.717) is 22.5 Å². The molecule has 0 saturated heterocycles. The molecule has 2 aromatic carbocycles. The number of aromatic nitrogens is 2. The van der Waals surface area contributed by atoms with Crippen molar-refractivity contribution >= 4 is 32.7 Å². The minimum absolute atomic E-state index is 0.0251. The number of anilines is 1. The summed E-state index contributed by atoms with van der Waals surface area (Å²) in [7, 11) is -3.90. The molecule has 1 amide bonds. The Balaban J connectivity index is 1.68. The van der Waals surface area contributed by atoms with E-state index in [1.807, 2.05) is 13.8 Å². The van der Waals surface area contributed by atoms with Crippen LogP contribution < -0.4 is 20.8 Å². The molecule has 0 atom stereocenters. The number of hydrogen-bond acceptors (Lipinski definition) is 5. The van der Waals surface area contributed by atoms with E-state index >= 15 is 0 Å². The van der Waals surface area contributed by atoms with Crippen LogP contribution in [0.2, 0.25) is 0 Å². The minimum atomic E-state index is -3.90. The monoisotopic (exact) mass is 466 g/mol. The van der Waals surface area contributed by atoms with E-state index in [4.69, 9.17) is 9.88 Å². The van der Waals surface area contributed by atoms with E-state index in [-0.39, 0.29) is 27.9 Å². The summed E-state index contributed by atoms with van der Waals surface area (Å²) in [4.78, 5) is 28.3. The number of pyridine rings is 1. The van der Waals surface area contributed by atoms with Crippen LogP contribution in [0.3, 0.4) is 0 Å². The van der Waals surface area contributed by atoms with E-state index in [0.717, 1.165) is 0 Å². The van der Waals surface area contributed by atoms with Crippen molar-refractivity contribution in [3.05, 3.63) is 82.8 Å². The molecule has 33 heavy (non-hydrogen) atoms. The first-order valence-electron chi connectivity index (χ1n) is 10.1. The van der Waals surface area contributed by atoms with E-state index < -0.39 is 15.9 Å². The maximum Gasteiger partial charge on any atom is 0.272 e. The molecular weight excluding hydrogens is 444 g/mol. The van der Waals surface area contributed by atoms with Crippen LogP contribution in [0, 0.1) is 0 Å². The lowest BCUT2D eigenvalue weighted by Gasteiger charge is -2.11. The number of carbonyl (C=O) groups is 1. The number of carbonyl (C=O) groups excluding carboxylic acids is 1. The fourth-order valence-corrected chi connectivity index (χ4v) is 3.95. The fourth-order valence-electron chi connectivity index (χ4n) is 3.39. The first kappa shape index (κ1) is 22.3. The molecule has 10 heteroatoms. The molecule has 0 aliphatic carbocycles. The number of rotatable bonds is 6. The zero-order chi connectivity index (χ0) is 23.8.